The monoisotopic (exact) mass is 1260 g/mol. The summed E-state index contributed by atoms with van der Waals surface area (Å²) in [6, 6.07) is 57.6. The van der Waals surface area contributed by atoms with Gasteiger partial charge in [0.15, 0.2) is 16.8 Å². The Morgan fingerprint density at radius 1 is 0.451 bits per heavy atom. The van der Waals surface area contributed by atoms with Gasteiger partial charge in [0, 0.05) is 112 Å². The molecular weight excluding hydrogens is 1190 g/mol. The fourth-order valence-electron chi connectivity index (χ4n) is 12.5. The lowest BCUT2D eigenvalue weighted by atomic mass is 10.0. The third kappa shape index (κ3) is 14.8. The largest absolute Gasteiger partial charge is 0.490 e. The highest BCUT2D eigenvalue weighted by molar-refractivity contribution is 6.34. The zero-order valence-corrected chi connectivity index (χ0v) is 52.1. The molecule has 6 aliphatic rings. The number of carboxylic acids is 1. The van der Waals surface area contributed by atoms with Gasteiger partial charge in [0.1, 0.15) is 28.3 Å². The minimum Gasteiger partial charge on any atom is -0.475 e. The van der Waals surface area contributed by atoms with Crippen molar-refractivity contribution in [3.05, 3.63) is 169 Å². The molecule has 0 unspecified atom stereocenters. The number of rotatable bonds is 5. The molecule has 0 aliphatic carbocycles. The van der Waals surface area contributed by atoms with Crippen LogP contribution in [0.3, 0.4) is 0 Å². The number of alkyl halides is 3. The Morgan fingerprint density at radius 2 is 0.813 bits per heavy atom. The highest BCUT2D eigenvalue weighted by Gasteiger charge is 2.48. The Bertz CT molecular complexity index is 4050. The van der Waals surface area contributed by atoms with Crippen LogP contribution < -0.4 is 20.4 Å². The van der Waals surface area contributed by atoms with Crippen LogP contribution >= 0.6 is 11.6 Å². The van der Waals surface area contributed by atoms with E-state index in [9.17, 15) is 22.8 Å². The van der Waals surface area contributed by atoms with Gasteiger partial charge >= 0.3 is 24.3 Å². The van der Waals surface area contributed by atoms with Crippen molar-refractivity contribution in [2.24, 2.45) is 0 Å². The van der Waals surface area contributed by atoms with E-state index in [1.54, 1.807) is 0 Å². The van der Waals surface area contributed by atoms with Gasteiger partial charge in [0.05, 0.1) is 12.1 Å². The highest BCUT2D eigenvalue weighted by Crippen LogP contribution is 2.40. The van der Waals surface area contributed by atoms with Crippen molar-refractivity contribution in [1.29, 1.82) is 0 Å². The Hall–Kier alpha value is -9.05. The molecule has 9 aromatic rings. The van der Waals surface area contributed by atoms with E-state index in [0.717, 1.165) is 113 Å². The van der Waals surface area contributed by atoms with Gasteiger partial charge in [-0.05, 0) is 60.8 Å². The van der Waals surface area contributed by atoms with Crippen LogP contribution in [0.15, 0.2) is 164 Å². The number of aliphatic carboxylic acids is 1. The number of benzene rings is 6. The number of hydrogen-bond donors (Lipinski definition) is 3. The molecule has 22 heteroatoms. The molecule has 6 aromatic carbocycles. The first kappa shape index (κ1) is 63.5. The zero-order chi connectivity index (χ0) is 64.2. The minimum atomic E-state index is -5.08. The summed E-state index contributed by atoms with van der Waals surface area (Å²) >= 11 is 6.04. The average Bonchev–Trinajstić information content (AvgIpc) is 1.75. The summed E-state index contributed by atoms with van der Waals surface area (Å²) in [4.78, 5) is 41.7. The van der Waals surface area contributed by atoms with Crippen LogP contribution in [0.5, 0.6) is 0 Å². The number of aromatic nitrogens is 6. The van der Waals surface area contributed by atoms with Crippen LogP contribution in [0, 0.1) is 0 Å². The SMILES string of the molecule is CC(C)(C)OC(=O)N1C[C@@H]2C[C@H]1CN2.CC(C)(C)OC(=O)N1C[C@@H]2C[C@H]1CN2c1nnc(-c2ccccc2)c2ccccc12.Clc1nnc(-c2ccccc2)c2ccccc12.O=C(O)C(F)(F)F.c1ccc(-c2nnc(N3C[C@@H]4C[C@H]3CN4)c3ccccc23)cc1. The Morgan fingerprint density at radius 3 is 1.18 bits per heavy atom. The molecule has 15 rings (SSSR count). The van der Waals surface area contributed by atoms with Crippen molar-refractivity contribution in [2.45, 2.75) is 114 Å². The molecule has 6 atom stereocenters. The second-order valence-corrected chi connectivity index (χ2v) is 25.6. The molecule has 9 heterocycles. The standard InChI is InChI=1S/C24H26N4O2.C19H18N4.C14H9ClN2.C10H18N2O2.C2HF3O2/c1-24(2,3)30-23(29)28-15-17-13-18(28)14-27(17)22-20-12-8-7-11-19(20)21(25-26-22)16-9-5-4-6-10-16;1-2-6-13(7-3-1)18-16-8-4-5-9-17(16)19(22-21-18)23-12-14-10-15(23)11-20-14;15-14-12-9-5-4-8-11(12)13(16-17-14)10-6-2-1-3-7-10;1-10(2,3)14-9(13)12-6-7-4-8(12)5-11-7;3-2(4,5)1(6)7/h4-12,17-18H,13-15H2,1-3H3;1-9,14-15,20H,10-12H2;1-9H;7-8,11H,4-6H2,1-3H3;(H,6,7)/t17-,18-;14-,15-;;7-,8-;/m00.0./s1. The van der Waals surface area contributed by atoms with Crippen LogP contribution in [0.4, 0.5) is 34.4 Å². The van der Waals surface area contributed by atoms with Crippen molar-refractivity contribution in [3.8, 4) is 33.8 Å². The maximum Gasteiger partial charge on any atom is 0.490 e. The second-order valence-electron chi connectivity index (χ2n) is 25.2. The molecule has 6 fully saturated rings. The van der Waals surface area contributed by atoms with Gasteiger partial charge in [-0.3, -0.25) is 0 Å². The van der Waals surface area contributed by atoms with Crippen LogP contribution in [0.25, 0.3) is 66.1 Å². The number of ether oxygens (including phenoxy) is 2. The first-order valence-electron chi connectivity index (χ1n) is 30.4. The number of nitrogens with zero attached hydrogens (tertiary/aromatic N) is 10. The smallest absolute Gasteiger partial charge is 0.475 e. The van der Waals surface area contributed by atoms with Gasteiger partial charge in [0.25, 0.3) is 0 Å². The summed E-state index contributed by atoms with van der Waals surface area (Å²) in [5.41, 5.74) is 5.10. The van der Waals surface area contributed by atoms with Crippen molar-refractivity contribution in [3.63, 3.8) is 0 Å². The summed E-state index contributed by atoms with van der Waals surface area (Å²) < 4.78 is 42.7. The van der Waals surface area contributed by atoms with Crippen molar-refractivity contribution >= 4 is 73.7 Å². The van der Waals surface area contributed by atoms with E-state index in [0.29, 0.717) is 35.9 Å². The van der Waals surface area contributed by atoms with Crippen molar-refractivity contribution in [1.82, 2.24) is 51.0 Å². The Kier molecular flexibility index (Phi) is 18.7. The number of nitrogens with one attached hydrogen (secondary N) is 2. The Balaban J connectivity index is 0.000000124. The average molecular weight is 1260 g/mol. The van der Waals surface area contributed by atoms with Crippen LogP contribution in [-0.4, -0.2) is 157 Å². The van der Waals surface area contributed by atoms with Crippen LogP contribution in [0.2, 0.25) is 5.15 Å². The van der Waals surface area contributed by atoms with Gasteiger partial charge in [-0.25, -0.2) is 14.4 Å². The quantitative estimate of drug-likeness (QED) is 0.147. The molecule has 0 radical (unpaired) electrons. The van der Waals surface area contributed by atoms with E-state index in [4.69, 9.17) is 31.0 Å². The maximum atomic E-state index is 12.6. The highest BCUT2D eigenvalue weighted by atomic mass is 35.5. The van der Waals surface area contributed by atoms with Crippen molar-refractivity contribution < 1.29 is 42.1 Å². The fraction of sp³-hybridized carbons (Fsp3) is 0.348. The predicted octanol–water partition coefficient (Wildman–Crippen LogP) is 12.9. The van der Waals surface area contributed by atoms with E-state index in [2.05, 4.69) is 112 Å². The van der Waals surface area contributed by atoms with Gasteiger partial charge < -0.3 is 44.8 Å². The van der Waals surface area contributed by atoms with Gasteiger partial charge in [0.2, 0.25) is 0 Å². The maximum absolute atomic E-state index is 12.6. The first-order chi connectivity index (χ1) is 43.6. The van der Waals surface area contributed by atoms with E-state index in [1.165, 1.54) is 17.2 Å². The van der Waals surface area contributed by atoms with Crippen LogP contribution in [0.1, 0.15) is 60.8 Å². The number of amides is 2. The number of piperazine rings is 3. The summed E-state index contributed by atoms with van der Waals surface area (Å²) in [5.74, 6) is -0.816. The summed E-state index contributed by atoms with van der Waals surface area (Å²) in [7, 11) is 0. The van der Waals surface area contributed by atoms with E-state index in [-0.39, 0.29) is 29.9 Å². The number of carbonyl (C=O) groups is 3. The molecule has 0 saturated carbocycles. The topological polar surface area (TPSA) is 204 Å². The molecule has 3 N–H and O–H groups in total. The zero-order valence-electron chi connectivity index (χ0n) is 51.4. The third-order valence-corrected chi connectivity index (χ3v) is 16.8. The van der Waals surface area contributed by atoms with E-state index >= 15 is 0 Å². The molecule has 3 aromatic heterocycles. The first-order valence-corrected chi connectivity index (χ1v) is 30.8. The number of likely N-dealkylation sites (tertiary alicyclic amines) is 2. The lowest BCUT2D eigenvalue weighted by Crippen LogP contribution is -2.50. The predicted molar refractivity (Wildman–Crippen MR) is 347 cm³/mol. The van der Waals surface area contributed by atoms with Gasteiger partial charge in [-0.1, -0.05) is 175 Å². The summed E-state index contributed by atoms with van der Waals surface area (Å²) in [6.07, 6.45) is -2.22. The van der Waals surface area contributed by atoms with E-state index < -0.39 is 17.7 Å². The van der Waals surface area contributed by atoms with Crippen LogP contribution in [-0.2, 0) is 14.3 Å². The number of carbonyl (C=O) groups excluding carboxylic acids is 2. The minimum absolute atomic E-state index is 0.152. The molecular formula is C69H72ClF3N12O6. The molecule has 2 amide bonds. The number of anilines is 2. The lowest BCUT2D eigenvalue weighted by Gasteiger charge is -2.36. The van der Waals surface area contributed by atoms with E-state index in [1.807, 2.05) is 154 Å². The molecule has 0 spiro atoms. The fourth-order valence-corrected chi connectivity index (χ4v) is 12.7. The Labute approximate surface area is 530 Å². The second kappa shape index (κ2) is 26.8. The summed E-state index contributed by atoms with van der Waals surface area (Å²) in [5, 5.41) is 47.7. The number of hydrogen-bond acceptors (Lipinski definition) is 15. The number of carboxylic acid groups (broad SMARTS) is 1. The van der Waals surface area contributed by atoms with Gasteiger partial charge in [-0.15, -0.1) is 30.6 Å². The normalized spacial score (nSPS) is 20.2. The molecule has 472 valence electrons. The third-order valence-electron chi connectivity index (χ3n) is 16.5. The number of fused-ring (bicyclic) bond motifs is 9. The molecule has 6 bridgehead atoms. The number of halogens is 4. The van der Waals surface area contributed by atoms with Gasteiger partial charge in [-0.2, -0.15) is 13.2 Å². The summed E-state index contributed by atoms with van der Waals surface area (Å²) in [6.45, 7) is 16.7. The lowest BCUT2D eigenvalue weighted by molar-refractivity contribution is -0.192. The molecule has 6 aliphatic heterocycles. The molecule has 6 saturated heterocycles. The molecule has 18 nitrogen and oxygen atoms in total. The molecule has 91 heavy (non-hydrogen) atoms. The van der Waals surface area contributed by atoms with Crippen molar-refractivity contribution in [2.75, 3.05) is 49.1 Å².